The number of hydrogen-bond acceptors (Lipinski definition) is 7. The van der Waals surface area contributed by atoms with Crippen LogP contribution in [-0.2, 0) is 9.84 Å². The number of nitrogens with zero attached hydrogens (tertiary/aromatic N) is 5. The zero-order chi connectivity index (χ0) is 17.3. The second-order valence-electron chi connectivity index (χ2n) is 4.90. The molecule has 0 atom stereocenters. The van der Waals surface area contributed by atoms with Crippen LogP contribution in [0.25, 0.3) is 17.2 Å². The first-order chi connectivity index (χ1) is 11.4. The van der Waals surface area contributed by atoms with Gasteiger partial charge in [-0.25, -0.2) is 23.4 Å². The summed E-state index contributed by atoms with van der Waals surface area (Å²) >= 11 is 0. The molecule has 0 unspecified atom stereocenters. The van der Waals surface area contributed by atoms with E-state index in [4.69, 9.17) is 0 Å². The van der Waals surface area contributed by atoms with Gasteiger partial charge in [-0.1, -0.05) is 12.1 Å². The number of imidazole rings is 1. The van der Waals surface area contributed by atoms with E-state index < -0.39 is 14.8 Å². The minimum absolute atomic E-state index is 0.0680. The zero-order valence-corrected chi connectivity index (χ0v) is 13.2. The molecule has 3 rings (SSSR count). The molecule has 0 bridgehead atoms. The molecule has 0 N–H and O–H groups in total. The smallest absolute Gasteiger partial charge is 0.270 e. The van der Waals surface area contributed by atoms with Crippen molar-refractivity contribution < 1.29 is 13.3 Å². The molecule has 3 aromatic rings. The molecule has 1 aromatic carbocycles. The summed E-state index contributed by atoms with van der Waals surface area (Å²) in [4.78, 5) is 22.4. The van der Waals surface area contributed by atoms with Gasteiger partial charge < -0.3 is 0 Å². The van der Waals surface area contributed by atoms with Crippen molar-refractivity contribution in [2.75, 3.05) is 6.26 Å². The van der Waals surface area contributed by atoms with E-state index in [9.17, 15) is 18.5 Å². The van der Waals surface area contributed by atoms with Crippen molar-refractivity contribution in [3.05, 3.63) is 59.0 Å². The van der Waals surface area contributed by atoms with Crippen LogP contribution in [0.1, 0.15) is 0 Å². The summed E-state index contributed by atoms with van der Waals surface area (Å²) in [6.45, 7) is 0. The fraction of sp³-hybridized carbons (Fsp3) is 0.0714. The van der Waals surface area contributed by atoms with Crippen molar-refractivity contribution in [1.82, 2.24) is 19.5 Å². The SMILES string of the molecule is CS(=O)(=O)c1nccc(-n2ccnc2-c2cccc([N+](=O)[O-])c2)n1. The van der Waals surface area contributed by atoms with Crippen LogP contribution in [0, 0.1) is 10.1 Å². The lowest BCUT2D eigenvalue weighted by Gasteiger charge is -2.07. The van der Waals surface area contributed by atoms with Gasteiger partial charge >= 0.3 is 0 Å². The van der Waals surface area contributed by atoms with Gasteiger partial charge in [0.1, 0.15) is 11.6 Å². The lowest BCUT2D eigenvalue weighted by molar-refractivity contribution is -0.384. The van der Waals surface area contributed by atoms with Gasteiger partial charge in [0.15, 0.2) is 0 Å². The Morgan fingerprint density at radius 3 is 2.67 bits per heavy atom. The molecule has 0 fully saturated rings. The average Bonchev–Trinajstić information content (AvgIpc) is 3.04. The third-order valence-electron chi connectivity index (χ3n) is 3.15. The summed E-state index contributed by atoms with van der Waals surface area (Å²) in [7, 11) is -3.56. The minimum Gasteiger partial charge on any atom is -0.284 e. The summed E-state index contributed by atoms with van der Waals surface area (Å²) in [6, 6.07) is 7.51. The van der Waals surface area contributed by atoms with Crippen LogP contribution in [0.2, 0.25) is 0 Å². The molecule has 0 aliphatic heterocycles. The molecule has 0 aliphatic carbocycles. The van der Waals surface area contributed by atoms with Gasteiger partial charge in [-0.2, -0.15) is 0 Å². The summed E-state index contributed by atoms with van der Waals surface area (Å²) in [5.74, 6) is 0.696. The highest BCUT2D eigenvalue weighted by molar-refractivity contribution is 7.90. The number of hydrogen-bond donors (Lipinski definition) is 0. The summed E-state index contributed by atoms with van der Waals surface area (Å²) < 4.78 is 24.7. The predicted octanol–water partition coefficient (Wildman–Crippen LogP) is 1.64. The van der Waals surface area contributed by atoms with E-state index in [0.717, 1.165) is 6.26 Å². The number of aromatic nitrogens is 4. The van der Waals surface area contributed by atoms with Crippen LogP contribution < -0.4 is 0 Å². The zero-order valence-electron chi connectivity index (χ0n) is 12.4. The third-order valence-corrected chi connectivity index (χ3v) is 4.01. The van der Waals surface area contributed by atoms with Crippen molar-refractivity contribution in [1.29, 1.82) is 0 Å². The minimum atomic E-state index is -3.56. The van der Waals surface area contributed by atoms with Crippen molar-refractivity contribution in [2.24, 2.45) is 0 Å². The third kappa shape index (κ3) is 2.99. The van der Waals surface area contributed by atoms with Crippen molar-refractivity contribution in [2.45, 2.75) is 5.16 Å². The van der Waals surface area contributed by atoms with E-state index in [1.807, 2.05) is 0 Å². The Morgan fingerprint density at radius 2 is 1.96 bits per heavy atom. The Morgan fingerprint density at radius 1 is 1.17 bits per heavy atom. The molecule has 24 heavy (non-hydrogen) atoms. The number of non-ortho nitro benzene ring substituents is 1. The number of sulfone groups is 1. The summed E-state index contributed by atoms with van der Waals surface area (Å²) in [5.41, 5.74) is 0.440. The van der Waals surface area contributed by atoms with Crippen molar-refractivity contribution >= 4 is 15.5 Å². The maximum absolute atomic E-state index is 11.6. The van der Waals surface area contributed by atoms with Crippen molar-refractivity contribution in [3.8, 4) is 17.2 Å². The Hall–Kier alpha value is -3.14. The lowest BCUT2D eigenvalue weighted by atomic mass is 10.2. The molecular formula is C14H11N5O4S. The molecule has 10 heteroatoms. The van der Waals surface area contributed by atoms with Gasteiger partial charge in [0.2, 0.25) is 15.0 Å². The highest BCUT2D eigenvalue weighted by atomic mass is 32.2. The number of benzene rings is 1. The predicted molar refractivity (Wildman–Crippen MR) is 84.4 cm³/mol. The van der Waals surface area contributed by atoms with Crippen LogP contribution in [0.3, 0.4) is 0 Å². The van der Waals surface area contributed by atoms with E-state index in [1.54, 1.807) is 18.3 Å². The monoisotopic (exact) mass is 345 g/mol. The van der Waals surface area contributed by atoms with Gasteiger partial charge in [-0.05, 0) is 6.07 Å². The van der Waals surface area contributed by atoms with E-state index in [-0.39, 0.29) is 10.8 Å². The molecule has 0 radical (unpaired) electrons. The molecule has 0 amide bonds. The quantitative estimate of drug-likeness (QED) is 0.400. The van der Waals surface area contributed by atoms with Gasteiger partial charge in [-0.3, -0.25) is 14.7 Å². The topological polar surface area (TPSA) is 121 Å². The van der Waals surface area contributed by atoms with E-state index >= 15 is 0 Å². The maximum Gasteiger partial charge on any atom is 0.270 e. The van der Waals surface area contributed by atoms with Crippen LogP contribution in [0.5, 0.6) is 0 Å². The molecular weight excluding hydrogens is 334 g/mol. The molecule has 0 saturated carbocycles. The van der Waals surface area contributed by atoms with E-state index in [1.165, 1.54) is 35.2 Å². The van der Waals surface area contributed by atoms with Crippen LogP contribution in [-0.4, -0.2) is 39.1 Å². The molecule has 9 nitrogen and oxygen atoms in total. The fourth-order valence-corrected chi connectivity index (χ4v) is 2.62. The van der Waals surface area contributed by atoms with E-state index in [2.05, 4.69) is 15.0 Å². The highest BCUT2D eigenvalue weighted by Crippen LogP contribution is 2.24. The van der Waals surface area contributed by atoms with E-state index in [0.29, 0.717) is 17.2 Å². The fourth-order valence-electron chi connectivity index (χ4n) is 2.11. The Balaban J connectivity index is 2.12. The second-order valence-corrected chi connectivity index (χ2v) is 6.81. The first kappa shape index (κ1) is 15.7. The molecule has 122 valence electrons. The molecule has 0 aliphatic rings. The normalized spacial score (nSPS) is 11.4. The lowest BCUT2D eigenvalue weighted by Crippen LogP contribution is -2.07. The second kappa shape index (κ2) is 5.81. The van der Waals surface area contributed by atoms with Crippen LogP contribution in [0.4, 0.5) is 5.69 Å². The summed E-state index contributed by atoms with van der Waals surface area (Å²) in [6.07, 6.45) is 5.43. The number of nitro groups is 1. The highest BCUT2D eigenvalue weighted by Gasteiger charge is 2.16. The van der Waals surface area contributed by atoms with Gasteiger partial charge in [0, 0.05) is 42.5 Å². The average molecular weight is 345 g/mol. The summed E-state index contributed by atoms with van der Waals surface area (Å²) in [5, 5.41) is 10.6. The van der Waals surface area contributed by atoms with Gasteiger partial charge in [0.25, 0.3) is 5.69 Å². The first-order valence-electron chi connectivity index (χ1n) is 6.68. The first-order valence-corrected chi connectivity index (χ1v) is 8.57. The van der Waals surface area contributed by atoms with Gasteiger partial charge in [0.05, 0.1) is 4.92 Å². The Bertz CT molecular complexity index is 1030. The number of rotatable bonds is 4. The molecule has 0 saturated heterocycles. The van der Waals surface area contributed by atoms with Crippen molar-refractivity contribution in [3.63, 3.8) is 0 Å². The standard InChI is InChI=1S/C14H11N5O4S/c1-24(22,23)14-16-6-5-12(17-14)18-8-7-15-13(18)10-3-2-4-11(9-10)19(20)21/h2-9H,1H3. The molecule has 2 heterocycles. The number of nitro benzene ring substituents is 1. The Labute approximate surface area is 136 Å². The largest absolute Gasteiger partial charge is 0.284 e. The Kier molecular flexibility index (Phi) is 3.81. The maximum atomic E-state index is 11.6. The van der Waals surface area contributed by atoms with Crippen LogP contribution >= 0.6 is 0 Å². The molecule has 2 aromatic heterocycles. The molecule has 0 spiro atoms. The van der Waals surface area contributed by atoms with Crippen LogP contribution in [0.15, 0.2) is 54.1 Å². The van der Waals surface area contributed by atoms with Gasteiger partial charge in [-0.15, -0.1) is 0 Å².